The first-order valence-corrected chi connectivity index (χ1v) is 5.06. The highest BCUT2D eigenvalue weighted by Gasteiger charge is 2.12. The molecule has 0 aromatic heterocycles. The molecule has 0 bridgehead atoms. The Balaban J connectivity index is 2.00. The van der Waals surface area contributed by atoms with Crippen LogP contribution in [0, 0.1) is 11.6 Å². The third-order valence-electron chi connectivity index (χ3n) is 2.50. The Morgan fingerprint density at radius 3 is 2.69 bits per heavy atom. The Hall–Kier alpha value is -1.71. The van der Waals surface area contributed by atoms with E-state index in [0.717, 1.165) is 11.8 Å². The van der Waals surface area contributed by atoms with Crippen LogP contribution in [0.1, 0.15) is 18.4 Å². The highest BCUT2D eigenvalue weighted by molar-refractivity contribution is 5.92. The van der Waals surface area contributed by atoms with Crippen molar-refractivity contribution in [3.63, 3.8) is 0 Å². The van der Waals surface area contributed by atoms with Crippen molar-refractivity contribution >= 4 is 5.78 Å². The molecule has 84 valence electrons. The lowest BCUT2D eigenvalue weighted by Gasteiger charge is -2.07. The SMILES string of the molecule is O=C1C=C(NCc2ccc(F)cc2F)CC1. The number of rotatable bonds is 3. The molecule has 0 amide bonds. The molecule has 0 saturated carbocycles. The van der Waals surface area contributed by atoms with E-state index in [1.807, 2.05) is 0 Å². The zero-order valence-corrected chi connectivity index (χ0v) is 8.59. The number of carbonyl (C=O) groups is 1. The zero-order valence-electron chi connectivity index (χ0n) is 8.59. The van der Waals surface area contributed by atoms with E-state index in [-0.39, 0.29) is 12.3 Å². The largest absolute Gasteiger partial charge is 0.384 e. The Bertz CT molecular complexity index is 454. The number of halogens is 2. The molecular formula is C12H11F2NO. The summed E-state index contributed by atoms with van der Waals surface area (Å²) < 4.78 is 25.9. The minimum Gasteiger partial charge on any atom is -0.384 e. The first-order chi connectivity index (χ1) is 7.65. The van der Waals surface area contributed by atoms with E-state index in [0.29, 0.717) is 18.4 Å². The summed E-state index contributed by atoms with van der Waals surface area (Å²) in [5.41, 5.74) is 1.20. The monoisotopic (exact) mass is 223 g/mol. The summed E-state index contributed by atoms with van der Waals surface area (Å²) in [6.45, 7) is 0.269. The van der Waals surface area contributed by atoms with Crippen LogP contribution in [0.2, 0.25) is 0 Å². The molecule has 1 aromatic carbocycles. The number of ketones is 1. The predicted octanol–water partition coefficient (Wildman–Crippen LogP) is 2.30. The van der Waals surface area contributed by atoms with Crippen molar-refractivity contribution < 1.29 is 13.6 Å². The molecule has 0 fully saturated rings. The lowest BCUT2D eigenvalue weighted by atomic mass is 10.2. The Morgan fingerprint density at radius 1 is 1.25 bits per heavy atom. The molecule has 1 aliphatic carbocycles. The van der Waals surface area contributed by atoms with Crippen molar-refractivity contribution in [2.45, 2.75) is 19.4 Å². The van der Waals surface area contributed by atoms with Gasteiger partial charge >= 0.3 is 0 Å². The first kappa shape index (κ1) is 10.8. The van der Waals surface area contributed by atoms with Crippen LogP contribution < -0.4 is 5.32 Å². The Morgan fingerprint density at radius 2 is 2.06 bits per heavy atom. The van der Waals surface area contributed by atoms with Crippen LogP contribution in [-0.2, 0) is 11.3 Å². The van der Waals surface area contributed by atoms with Gasteiger partial charge in [0.15, 0.2) is 5.78 Å². The lowest BCUT2D eigenvalue weighted by molar-refractivity contribution is -0.114. The molecule has 0 radical (unpaired) electrons. The van der Waals surface area contributed by atoms with Crippen molar-refractivity contribution in [2.75, 3.05) is 0 Å². The molecule has 2 rings (SSSR count). The molecule has 16 heavy (non-hydrogen) atoms. The average molecular weight is 223 g/mol. The van der Waals surface area contributed by atoms with E-state index in [4.69, 9.17) is 0 Å². The molecule has 0 heterocycles. The summed E-state index contributed by atoms with van der Waals surface area (Å²) in [7, 11) is 0. The quantitative estimate of drug-likeness (QED) is 0.851. The van der Waals surface area contributed by atoms with Gasteiger partial charge in [-0.3, -0.25) is 4.79 Å². The molecule has 1 aromatic rings. The van der Waals surface area contributed by atoms with Crippen LogP contribution in [0.3, 0.4) is 0 Å². The van der Waals surface area contributed by atoms with Crippen LogP contribution >= 0.6 is 0 Å². The molecule has 2 nitrogen and oxygen atoms in total. The van der Waals surface area contributed by atoms with Crippen molar-refractivity contribution in [1.82, 2.24) is 5.32 Å². The summed E-state index contributed by atoms with van der Waals surface area (Å²) in [6.07, 6.45) is 2.71. The topological polar surface area (TPSA) is 29.1 Å². The molecule has 0 aliphatic heterocycles. The maximum absolute atomic E-state index is 13.2. The fraction of sp³-hybridized carbons (Fsp3) is 0.250. The summed E-state index contributed by atoms with van der Waals surface area (Å²) in [5.74, 6) is -1.07. The number of nitrogens with one attached hydrogen (secondary N) is 1. The molecule has 1 N–H and O–H groups in total. The van der Waals surface area contributed by atoms with E-state index < -0.39 is 11.6 Å². The van der Waals surface area contributed by atoms with Gasteiger partial charge in [-0.25, -0.2) is 8.78 Å². The number of hydrogen-bond acceptors (Lipinski definition) is 2. The van der Waals surface area contributed by atoms with Crippen LogP contribution in [0.15, 0.2) is 30.0 Å². The van der Waals surface area contributed by atoms with Gasteiger partial charge in [-0.15, -0.1) is 0 Å². The van der Waals surface area contributed by atoms with Crippen LogP contribution in [-0.4, -0.2) is 5.78 Å². The highest BCUT2D eigenvalue weighted by Crippen LogP contribution is 2.14. The van der Waals surface area contributed by atoms with E-state index in [1.165, 1.54) is 18.2 Å². The second kappa shape index (κ2) is 4.43. The number of carbonyl (C=O) groups excluding carboxylic acids is 1. The van der Waals surface area contributed by atoms with Gasteiger partial charge in [0.2, 0.25) is 0 Å². The lowest BCUT2D eigenvalue weighted by Crippen LogP contribution is -2.12. The molecule has 0 spiro atoms. The average Bonchev–Trinajstić information content (AvgIpc) is 2.63. The Labute approximate surface area is 92.0 Å². The van der Waals surface area contributed by atoms with Crippen molar-refractivity contribution in [3.05, 3.63) is 47.2 Å². The second-order valence-corrected chi connectivity index (χ2v) is 3.73. The van der Waals surface area contributed by atoms with Crippen molar-refractivity contribution in [3.8, 4) is 0 Å². The molecule has 0 saturated heterocycles. The minimum absolute atomic E-state index is 0.0853. The van der Waals surface area contributed by atoms with Gasteiger partial charge in [-0.2, -0.15) is 0 Å². The second-order valence-electron chi connectivity index (χ2n) is 3.73. The molecule has 1 aliphatic rings. The van der Waals surface area contributed by atoms with Gasteiger partial charge in [0.05, 0.1) is 0 Å². The summed E-state index contributed by atoms with van der Waals surface area (Å²) >= 11 is 0. The summed E-state index contributed by atoms with van der Waals surface area (Å²) in [6, 6.07) is 3.47. The van der Waals surface area contributed by atoms with Gasteiger partial charge < -0.3 is 5.32 Å². The first-order valence-electron chi connectivity index (χ1n) is 5.06. The van der Waals surface area contributed by atoms with Crippen LogP contribution in [0.4, 0.5) is 8.78 Å². The van der Waals surface area contributed by atoms with E-state index in [1.54, 1.807) is 0 Å². The fourth-order valence-electron chi connectivity index (χ4n) is 1.61. The van der Waals surface area contributed by atoms with E-state index in [9.17, 15) is 13.6 Å². The van der Waals surface area contributed by atoms with E-state index >= 15 is 0 Å². The number of allylic oxidation sites excluding steroid dienone is 2. The third kappa shape index (κ3) is 2.45. The third-order valence-corrected chi connectivity index (χ3v) is 2.50. The van der Waals surface area contributed by atoms with Gasteiger partial charge in [0.25, 0.3) is 0 Å². The maximum Gasteiger partial charge on any atom is 0.157 e. The predicted molar refractivity (Wildman–Crippen MR) is 55.5 cm³/mol. The molecule has 4 heteroatoms. The van der Waals surface area contributed by atoms with Gasteiger partial charge in [-0.05, 0) is 12.5 Å². The van der Waals surface area contributed by atoms with Crippen LogP contribution in [0.5, 0.6) is 0 Å². The summed E-state index contributed by atoms with van der Waals surface area (Å²) in [4.78, 5) is 10.9. The van der Waals surface area contributed by atoms with Gasteiger partial charge in [0, 0.05) is 36.4 Å². The molecule has 0 unspecified atom stereocenters. The van der Waals surface area contributed by atoms with Gasteiger partial charge in [-0.1, -0.05) is 6.07 Å². The number of hydrogen-bond donors (Lipinski definition) is 1. The maximum atomic E-state index is 13.2. The van der Waals surface area contributed by atoms with E-state index in [2.05, 4.69) is 5.32 Å². The number of benzene rings is 1. The smallest absolute Gasteiger partial charge is 0.157 e. The molecule has 0 atom stereocenters. The normalized spacial score (nSPS) is 15.1. The van der Waals surface area contributed by atoms with Gasteiger partial charge in [0.1, 0.15) is 11.6 Å². The minimum atomic E-state index is -0.587. The zero-order chi connectivity index (χ0) is 11.5. The standard InChI is InChI=1S/C12H11F2NO/c13-9-2-1-8(12(14)5-9)7-15-10-3-4-11(16)6-10/h1-2,5-6,15H,3-4,7H2. The highest BCUT2D eigenvalue weighted by atomic mass is 19.1. The Kier molecular flexibility index (Phi) is 2.99. The molecular weight excluding hydrogens is 212 g/mol. The summed E-state index contributed by atoms with van der Waals surface area (Å²) in [5, 5.41) is 2.97. The fourth-order valence-corrected chi connectivity index (χ4v) is 1.61. The van der Waals surface area contributed by atoms with Crippen LogP contribution in [0.25, 0.3) is 0 Å². The van der Waals surface area contributed by atoms with Crippen molar-refractivity contribution in [2.24, 2.45) is 0 Å². The van der Waals surface area contributed by atoms with Crippen molar-refractivity contribution in [1.29, 1.82) is 0 Å².